The fraction of sp³-hybridized carbons (Fsp3) is 0.312. The molecule has 0 spiro atoms. The second-order valence-corrected chi connectivity index (χ2v) is 10.7. The van der Waals surface area contributed by atoms with E-state index in [9.17, 15) is 0 Å². The van der Waals surface area contributed by atoms with Crippen molar-refractivity contribution in [1.82, 2.24) is 40.3 Å². The van der Waals surface area contributed by atoms with Crippen LogP contribution in [0.5, 0.6) is 0 Å². The van der Waals surface area contributed by atoms with E-state index in [1.807, 2.05) is 49.9 Å². The number of nitrogens with one attached hydrogen (secondary N) is 3. The molecule has 0 amide bonds. The van der Waals surface area contributed by atoms with Crippen molar-refractivity contribution in [2.45, 2.75) is 53.0 Å². The molecule has 41 heavy (non-hydrogen) atoms. The van der Waals surface area contributed by atoms with Crippen LogP contribution in [-0.4, -0.2) is 36.3 Å². The Hall–Kier alpha value is -4.37. The lowest BCUT2D eigenvalue weighted by Crippen LogP contribution is -2.20. The van der Waals surface area contributed by atoms with Gasteiger partial charge in [0, 0.05) is 36.4 Å². The van der Waals surface area contributed by atoms with Gasteiger partial charge in [-0.15, -0.1) is 0 Å². The van der Waals surface area contributed by atoms with Crippen LogP contribution in [0.3, 0.4) is 0 Å². The maximum Gasteiger partial charge on any atom is 0.161 e. The van der Waals surface area contributed by atoms with E-state index in [1.165, 1.54) is 25.7 Å². The summed E-state index contributed by atoms with van der Waals surface area (Å²) >= 11 is 0. The number of nitrogens with zero attached hydrogens (tertiary/aromatic N) is 5. The first-order valence-electron chi connectivity index (χ1n) is 14.0. The molecule has 1 aliphatic carbocycles. The van der Waals surface area contributed by atoms with Gasteiger partial charge in [-0.3, -0.25) is 15.1 Å². The molecule has 9 heteroatoms. The van der Waals surface area contributed by atoms with Gasteiger partial charge in [0.25, 0.3) is 0 Å². The quantitative estimate of drug-likeness (QED) is 0.183. The van der Waals surface area contributed by atoms with Crippen molar-refractivity contribution in [3.8, 4) is 11.3 Å². The Bertz CT molecular complexity index is 1630. The SMILES string of the molecule is C=C/C=C(\C(C)=C(/C)NC(=C)c1n[nH]c2cnc(-c3cncc(CNCC4CCCC4)c3)c(F)c12)n1cnc(C)c1. The Labute approximate surface area is 240 Å². The molecule has 4 aromatic heterocycles. The van der Waals surface area contributed by atoms with E-state index in [4.69, 9.17) is 0 Å². The molecule has 0 aliphatic heterocycles. The van der Waals surface area contributed by atoms with Crippen LogP contribution in [0.4, 0.5) is 4.39 Å². The summed E-state index contributed by atoms with van der Waals surface area (Å²) in [5, 5.41) is 14.5. The van der Waals surface area contributed by atoms with Crippen molar-refractivity contribution < 1.29 is 4.39 Å². The summed E-state index contributed by atoms with van der Waals surface area (Å²) in [6, 6.07) is 1.94. The number of rotatable bonds is 11. The van der Waals surface area contributed by atoms with Crippen molar-refractivity contribution >= 4 is 22.3 Å². The topological polar surface area (TPSA) is 96.3 Å². The summed E-state index contributed by atoms with van der Waals surface area (Å²) in [5.74, 6) is 0.280. The van der Waals surface area contributed by atoms with Crippen LogP contribution in [0.25, 0.3) is 33.6 Å². The van der Waals surface area contributed by atoms with Crippen LogP contribution in [0.1, 0.15) is 56.5 Å². The first-order valence-corrected chi connectivity index (χ1v) is 14.0. The number of fused-ring (bicyclic) bond motifs is 1. The Morgan fingerprint density at radius 2 is 2.00 bits per heavy atom. The van der Waals surface area contributed by atoms with E-state index >= 15 is 4.39 Å². The number of halogens is 1. The lowest BCUT2D eigenvalue weighted by atomic mass is 10.1. The molecule has 4 aromatic rings. The van der Waals surface area contributed by atoms with Crippen molar-refractivity contribution in [3.63, 3.8) is 0 Å². The second kappa shape index (κ2) is 12.4. The molecule has 8 nitrogen and oxygen atoms in total. The van der Waals surface area contributed by atoms with Gasteiger partial charge in [-0.25, -0.2) is 9.37 Å². The first kappa shape index (κ1) is 28.2. The van der Waals surface area contributed by atoms with Crippen LogP contribution in [-0.2, 0) is 6.54 Å². The molecule has 0 atom stereocenters. The maximum atomic E-state index is 16.1. The third-order valence-electron chi connectivity index (χ3n) is 7.69. The van der Waals surface area contributed by atoms with Gasteiger partial charge in [-0.2, -0.15) is 5.10 Å². The zero-order valence-electron chi connectivity index (χ0n) is 24.0. The molecule has 3 N–H and O–H groups in total. The predicted molar refractivity (Wildman–Crippen MR) is 163 cm³/mol. The fourth-order valence-electron chi connectivity index (χ4n) is 5.38. The van der Waals surface area contributed by atoms with Crippen molar-refractivity contribution in [3.05, 3.63) is 96.5 Å². The standard InChI is InChI=1S/C32H37FN8/c1-6-9-28(41-18-20(2)37-19-41)21(3)22(4)38-23(5)31-29-27(39-40-31)17-36-32(30(29)33)26-12-25(15-35-16-26)14-34-13-24-10-7-8-11-24/h6,9,12,15-19,24,34,38H,1,5,7-8,10-11,13-14H2,2-4H3,(H,39,40)/b22-21+,28-9+. The summed E-state index contributed by atoms with van der Waals surface area (Å²) in [6.45, 7) is 15.6. The normalized spacial score (nSPS) is 14.9. The lowest BCUT2D eigenvalue weighted by molar-refractivity contribution is 0.489. The van der Waals surface area contributed by atoms with E-state index in [2.05, 4.69) is 48.9 Å². The highest BCUT2D eigenvalue weighted by Crippen LogP contribution is 2.31. The van der Waals surface area contributed by atoms with Gasteiger partial charge < -0.3 is 15.2 Å². The van der Waals surface area contributed by atoms with Crippen molar-refractivity contribution in [1.29, 1.82) is 0 Å². The monoisotopic (exact) mass is 552 g/mol. The number of H-pyrrole nitrogens is 1. The minimum atomic E-state index is -0.466. The van der Waals surface area contributed by atoms with Crippen molar-refractivity contribution in [2.75, 3.05) is 6.54 Å². The number of pyridine rings is 2. The summed E-state index contributed by atoms with van der Waals surface area (Å²) in [6.07, 6.45) is 17.6. The summed E-state index contributed by atoms with van der Waals surface area (Å²) in [7, 11) is 0. The zero-order chi connectivity index (χ0) is 28.9. The van der Waals surface area contributed by atoms with E-state index in [0.29, 0.717) is 34.4 Å². The van der Waals surface area contributed by atoms with Crippen LogP contribution in [0.2, 0.25) is 0 Å². The van der Waals surface area contributed by atoms with Crippen LogP contribution >= 0.6 is 0 Å². The number of hydrogen-bond donors (Lipinski definition) is 3. The predicted octanol–water partition coefficient (Wildman–Crippen LogP) is 6.53. The minimum Gasteiger partial charge on any atom is -0.358 e. The molecule has 0 radical (unpaired) electrons. The molecule has 1 saturated carbocycles. The van der Waals surface area contributed by atoms with Gasteiger partial charge >= 0.3 is 0 Å². The van der Waals surface area contributed by atoms with E-state index in [0.717, 1.165) is 40.7 Å². The highest BCUT2D eigenvalue weighted by molar-refractivity contribution is 5.92. The molecule has 0 unspecified atom stereocenters. The van der Waals surface area contributed by atoms with Crippen LogP contribution in [0.15, 0.2) is 73.8 Å². The first-order chi connectivity index (χ1) is 19.9. The Kier molecular flexibility index (Phi) is 8.54. The third kappa shape index (κ3) is 6.20. The molecular formula is C32H37FN8. The fourth-order valence-corrected chi connectivity index (χ4v) is 5.38. The molecule has 1 fully saturated rings. The zero-order valence-corrected chi connectivity index (χ0v) is 24.0. The average Bonchev–Trinajstić information content (AvgIpc) is 3.73. The van der Waals surface area contributed by atoms with Gasteiger partial charge in [0.15, 0.2) is 5.82 Å². The average molecular weight is 553 g/mol. The Morgan fingerprint density at radius 1 is 1.20 bits per heavy atom. The van der Waals surface area contributed by atoms with Crippen molar-refractivity contribution in [2.24, 2.45) is 5.92 Å². The molecule has 1 aliphatic rings. The molecule has 0 saturated heterocycles. The van der Waals surface area contributed by atoms with Gasteiger partial charge in [0.2, 0.25) is 0 Å². The highest BCUT2D eigenvalue weighted by Gasteiger charge is 2.20. The third-order valence-corrected chi connectivity index (χ3v) is 7.69. The van der Waals surface area contributed by atoms with E-state index in [1.54, 1.807) is 24.8 Å². The highest BCUT2D eigenvalue weighted by atomic mass is 19.1. The largest absolute Gasteiger partial charge is 0.358 e. The number of aromatic nitrogens is 6. The van der Waals surface area contributed by atoms with Crippen LogP contribution < -0.4 is 10.6 Å². The van der Waals surface area contributed by atoms with E-state index < -0.39 is 5.82 Å². The molecule has 0 bridgehead atoms. The summed E-state index contributed by atoms with van der Waals surface area (Å²) < 4.78 is 18.0. The number of allylic oxidation sites excluding steroid dienone is 5. The lowest BCUT2D eigenvalue weighted by Gasteiger charge is -2.15. The van der Waals surface area contributed by atoms with Crippen LogP contribution in [0, 0.1) is 18.7 Å². The van der Waals surface area contributed by atoms with E-state index in [-0.39, 0.29) is 5.69 Å². The smallest absolute Gasteiger partial charge is 0.161 e. The molecule has 5 rings (SSSR count). The Balaban J connectivity index is 1.38. The molecule has 4 heterocycles. The second-order valence-electron chi connectivity index (χ2n) is 10.7. The number of hydrogen-bond acceptors (Lipinski definition) is 6. The molecule has 0 aromatic carbocycles. The number of aromatic amines is 1. The summed E-state index contributed by atoms with van der Waals surface area (Å²) in [4.78, 5) is 13.1. The maximum absolute atomic E-state index is 16.1. The molecule has 212 valence electrons. The number of imidazole rings is 1. The van der Waals surface area contributed by atoms with Gasteiger partial charge in [-0.05, 0) is 69.4 Å². The van der Waals surface area contributed by atoms with Gasteiger partial charge in [0.05, 0.1) is 40.5 Å². The Morgan fingerprint density at radius 3 is 2.73 bits per heavy atom. The van der Waals surface area contributed by atoms with Gasteiger partial charge in [0.1, 0.15) is 11.4 Å². The summed E-state index contributed by atoms with van der Waals surface area (Å²) in [5.41, 5.74) is 6.80. The van der Waals surface area contributed by atoms with Gasteiger partial charge in [-0.1, -0.05) is 32.1 Å². The molecular weight excluding hydrogens is 515 g/mol. The number of aryl methyl sites for hydroxylation is 1. The minimum absolute atomic E-state index is 0.230.